The molecule has 0 spiro atoms. The molecule has 6 atom stereocenters. The zero-order valence-corrected chi connectivity index (χ0v) is 16.7. The fourth-order valence-electron chi connectivity index (χ4n) is 7.02. The molecule has 5 aliphatic heterocycles. The monoisotopic (exact) mass is 373 g/mol. The van der Waals surface area contributed by atoms with Crippen molar-refractivity contribution >= 4 is 5.91 Å². The van der Waals surface area contributed by atoms with Crippen LogP contribution in [0.5, 0.6) is 0 Å². The third-order valence-corrected chi connectivity index (χ3v) is 8.14. The number of amides is 1. The molecule has 0 aromatic rings. The first-order valence-corrected chi connectivity index (χ1v) is 11.3. The molecule has 5 aliphatic rings. The number of piperidine rings is 4. The number of carbonyl (C=O) groups excluding carboxylic acids is 1. The van der Waals surface area contributed by atoms with Crippen molar-refractivity contribution in [3.63, 3.8) is 0 Å². The molecular formula is C22H35N3O2. The van der Waals surface area contributed by atoms with Gasteiger partial charge in [-0.05, 0) is 68.9 Å². The topological polar surface area (TPSA) is 47.0 Å². The van der Waals surface area contributed by atoms with Crippen LogP contribution in [-0.4, -0.2) is 76.1 Å². The number of fused-ring (bicyclic) bond motifs is 6. The first-order valence-electron chi connectivity index (χ1n) is 11.3. The third kappa shape index (κ3) is 3.16. The van der Waals surface area contributed by atoms with E-state index < -0.39 is 0 Å². The Morgan fingerprint density at radius 3 is 2.81 bits per heavy atom. The molecule has 5 heterocycles. The lowest BCUT2D eigenvalue weighted by Gasteiger charge is -2.61. The van der Waals surface area contributed by atoms with E-state index in [1.54, 1.807) is 6.92 Å². The fourth-order valence-corrected chi connectivity index (χ4v) is 7.02. The van der Waals surface area contributed by atoms with Crippen LogP contribution in [0.4, 0.5) is 0 Å². The van der Waals surface area contributed by atoms with Crippen molar-refractivity contribution in [1.29, 1.82) is 0 Å². The number of hydrogen-bond acceptors (Lipinski definition) is 4. The summed E-state index contributed by atoms with van der Waals surface area (Å²) in [5.74, 6) is 1.59. The van der Waals surface area contributed by atoms with E-state index in [0.29, 0.717) is 18.0 Å². The van der Waals surface area contributed by atoms with E-state index in [1.165, 1.54) is 44.3 Å². The van der Waals surface area contributed by atoms with Gasteiger partial charge in [-0.1, -0.05) is 6.42 Å². The second-order valence-corrected chi connectivity index (χ2v) is 9.67. The van der Waals surface area contributed by atoms with Crippen LogP contribution in [0.2, 0.25) is 0 Å². The Labute approximate surface area is 163 Å². The first kappa shape index (κ1) is 18.1. The average molecular weight is 374 g/mol. The van der Waals surface area contributed by atoms with Crippen molar-refractivity contribution in [3.05, 3.63) is 11.8 Å². The van der Waals surface area contributed by atoms with Gasteiger partial charge in [0.2, 0.25) is 5.91 Å². The van der Waals surface area contributed by atoms with Gasteiger partial charge in [0.05, 0.1) is 6.10 Å². The summed E-state index contributed by atoms with van der Waals surface area (Å²) in [6, 6.07) is 1.72. The molecule has 27 heavy (non-hydrogen) atoms. The van der Waals surface area contributed by atoms with Gasteiger partial charge in [0.25, 0.3) is 0 Å². The molecule has 5 heteroatoms. The molecule has 0 saturated carbocycles. The summed E-state index contributed by atoms with van der Waals surface area (Å²) in [7, 11) is 0. The Balaban J connectivity index is 1.51. The third-order valence-electron chi connectivity index (χ3n) is 8.14. The standard InChI is InChI=1S/C22H35N3O2/c1-15(26)23-8-4-5-16(13-23)22-19-11-17(20-6-2-3-9-25(20)22)14-24-10-7-18(27)12-21(19)24/h13,17-22,27H,2-12,14H2,1H3/t17-,18+,19+,20+,21-,22-/m1/s1. The smallest absolute Gasteiger partial charge is 0.223 e. The Bertz CT molecular complexity index is 621. The van der Waals surface area contributed by atoms with Crippen LogP contribution in [0.1, 0.15) is 58.3 Å². The van der Waals surface area contributed by atoms with E-state index in [4.69, 9.17) is 0 Å². The maximum absolute atomic E-state index is 12.0. The predicted molar refractivity (Wildman–Crippen MR) is 105 cm³/mol. The summed E-state index contributed by atoms with van der Waals surface area (Å²) in [6.07, 6.45) is 11.5. The maximum atomic E-state index is 12.0. The predicted octanol–water partition coefficient (Wildman–Crippen LogP) is 2.21. The maximum Gasteiger partial charge on any atom is 0.223 e. The molecule has 0 unspecified atom stereocenters. The molecule has 4 fully saturated rings. The van der Waals surface area contributed by atoms with Crippen molar-refractivity contribution in [2.45, 2.75) is 82.5 Å². The fraction of sp³-hybridized carbons (Fsp3) is 0.864. The van der Waals surface area contributed by atoms with Gasteiger partial charge in [-0.3, -0.25) is 14.6 Å². The van der Waals surface area contributed by atoms with Crippen LogP contribution >= 0.6 is 0 Å². The molecule has 2 bridgehead atoms. The Hall–Kier alpha value is -0.910. The number of nitrogens with zero attached hydrogens (tertiary/aromatic N) is 3. The summed E-state index contributed by atoms with van der Waals surface area (Å²) in [4.78, 5) is 19.5. The lowest BCUT2D eigenvalue weighted by molar-refractivity contribution is -0.127. The Morgan fingerprint density at radius 1 is 1.07 bits per heavy atom. The highest BCUT2D eigenvalue weighted by atomic mass is 16.3. The normalized spacial score (nSPS) is 42.9. The lowest BCUT2D eigenvalue weighted by Crippen LogP contribution is -2.68. The van der Waals surface area contributed by atoms with Gasteiger partial charge in [0.1, 0.15) is 0 Å². The van der Waals surface area contributed by atoms with Crippen molar-refractivity contribution in [1.82, 2.24) is 14.7 Å². The van der Waals surface area contributed by atoms with Gasteiger partial charge < -0.3 is 10.0 Å². The average Bonchev–Trinajstić information content (AvgIpc) is 2.69. The zero-order chi connectivity index (χ0) is 18.5. The second kappa shape index (κ2) is 7.16. The number of carbonyl (C=O) groups is 1. The molecular weight excluding hydrogens is 338 g/mol. The number of aliphatic hydroxyl groups is 1. The van der Waals surface area contributed by atoms with Gasteiger partial charge in [0.15, 0.2) is 0 Å². The Kier molecular flexibility index (Phi) is 4.81. The van der Waals surface area contributed by atoms with Crippen LogP contribution in [0.15, 0.2) is 11.8 Å². The lowest BCUT2D eigenvalue weighted by atomic mass is 9.65. The minimum Gasteiger partial charge on any atom is -0.393 e. The first-order chi connectivity index (χ1) is 13.1. The van der Waals surface area contributed by atoms with Crippen molar-refractivity contribution in [3.8, 4) is 0 Å². The van der Waals surface area contributed by atoms with Crippen molar-refractivity contribution in [2.24, 2.45) is 11.8 Å². The van der Waals surface area contributed by atoms with E-state index in [-0.39, 0.29) is 12.0 Å². The summed E-state index contributed by atoms with van der Waals surface area (Å²) in [5, 5.41) is 10.4. The van der Waals surface area contributed by atoms with E-state index in [9.17, 15) is 9.90 Å². The molecule has 0 aliphatic carbocycles. The van der Waals surface area contributed by atoms with Gasteiger partial charge >= 0.3 is 0 Å². The summed E-state index contributed by atoms with van der Waals surface area (Å²) in [6.45, 7) is 6.09. The van der Waals surface area contributed by atoms with Crippen LogP contribution in [0.25, 0.3) is 0 Å². The molecule has 1 N–H and O–H groups in total. The van der Waals surface area contributed by atoms with Gasteiger partial charge in [-0.25, -0.2) is 0 Å². The van der Waals surface area contributed by atoms with E-state index in [1.807, 2.05) is 4.90 Å². The molecule has 5 rings (SSSR count). The second-order valence-electron chi connectivity index (χ2n) is 9.67. The quantitative estimate of drug-likeness (QED) is 0.766. The summed E-state index contributed by atoms with van der Waals surface area (Å²) in [5.41, 5.74) is 1.49. The van der Waals surface area contributed by atoms with Crippen LogP contribution < -0.4 is 0 Å². The van der Waals surface area contributed by atoms with Crippen LogP contribution in [-0.2, 0) is 4.79 Å². The SMILES string of the molecule is CC(=O)N1C=C([C@@H]2[C@H]3C[C@H](CN4CC[C@H](O)C[C@H]34)[C@@H]3CCCCN23)CCC1. The highest BCUT2D eigenvalue weighted by molar-refractivity contribution is 5.74. The van der Waals surface area contributed by atoms with E-state index in [2.05, 4.69) is 16.0 Å². The van der Waals surface area contributed by atoms with Gasteiger partial charge in [-0.2, -0.15) is 0 Å². The molecule has 0 aromatic carbocycles. The molecule has 0 aromatic heterocycles. The highest BCUT2D eigenvalue weighted by Crippen LogP contribution is 2.48. The molecule has 150 valence electrons. The van der Waals surface area contributed by atoms with Crippen LogP contribution in [0, 0.1) is 11.8 Å². The molecule has 0 radical (unpaired) electrons. The van der Waals surface area contributed by atoms with Gasteiger partial charge in [-0.15, -0.1) is 0 Å². The Morgan fingerprint density at radius 2 is 1.96 bits per heavy atom. The number of hydrogen-bond donors (Lipinski definition) is 1. The number of rotatable bonds is 1. The minimum absolute atomic E-state index is 0.128. The van der Waals surface area contributed by atoms with E-state index >= 15 is 0 Å². The van der Waals surface area contributed by atoms with Crippen LogP contribution in [0.3, 0.4) is 0 Å². The van der Waals surface area contributed by atoms with Crippen molar-refractivity contribution < 1.29 is 9.90 Å². The summed E-state index contributed by atoms with van der Waals surface area (Å²) < 4.78 is 0. The number of aliphatic hydroxyl groups excluding tert-OH is 1. The largest absolute Gasteiger partial charge is 0.393 e. The minimum atomic E-state index is -0.128. The summed E-state index contributed by atoms with van der Waals surface area (Å²) >= 11 is 0. The van der Waals surface area contributed by atoms with E-state index in [0.717, 1.165) is 50.7 Å². The van der Waals surface area contributed by atoms with Crippen molar-refractivity contribution in [2.75, 3.05) is 26.2 Å². The molecule has 1 amide bonds. The van der Waals surface area contributed by atoms with Gasteiger partial charge in [0, 0.05) is 50.9 Å². The zero-order valence-electron chi connectivity index (χ0n) is 16.7. The molecule has 4 saturated heterocycles. The highest BCUT2D eigenvalue weighted by Gasteiger charge is 2.53. The molecule has 5 nitrogen and oxygen atoms in total.